The van der Waals surface area contributed by atoms with Crippen molar-refractivity contribution in [3.05, 3.63) is 47.5 Å². The average molecular weight is 396 g/mol. The Morgan fingerprint density at radius 3 is 2.96 bits per heavy atom. The van der Waals surface area contributed by atoms with Crippen LogP contribution in [0.4, 0.5) is 0 Å². The lowest BCUT2D eigenvalue weighted by Crippen LogP contribution is -2.09. The summed E-state index contributed by atoms with van der Waals surface area (Å²) in [5.41, 5.74) is 3.46. The van der Waals surface area contributed by atoms with Gasteiger partial charge >= 0.3 is 5.97 Å². The third kappa shape index (κ3) is 2.91. The quantitative estimate of drug-likeness (QED) is 0.563. The van der Waals surface area contributed by atoms with Crippen molar-refractivity contribution in [2.24, 2.45) is 5.92 Å². The fourth-order valence-corrected chi connectivity index (χ4v) is 3.80. The van der Waals surface area contributed by atoms with Crippen LogP contribution in [-0.4, -0.2) is 35.8 Å². The Morgan fingerprint density at radius 2 is 2.18 bits per heavy atom. The maximum Gasteiger partial charge on any atom is 0.303 e. The molecule has 9 heteroatoms. The molecule has 0 spiro atoms. The summed E-state index contributed by atoms with van der Waals surface area (Å²) < 4.78 is 7.49. The number of carbonyl (C=O) groups is 1. The molecule has 0 radical (unpaired) electrons. The topological polar surface area (TPSA) is 107 Å². The molecule has 1 unspecified atom stereocenters. The van der Waals surface area contributed by atoms with Gasteiger partial charge in [0.25, 0.3) is 5.89 Å². The molecule has 0 saturated heterocycles. The van der Waals surface area contributed by atoms with Crippen LogP contribution >= 0.6 is 11.6 Å². The molecule has 4 heterocycles. The number of carboxylic acid groups (broad SMARTS) is 1. The first-order valence-electron chi connectivity index (χ1n) is 8.73. The van der Waals surface area contributed by atoms with Crippen LogP contribution in [-0.2, 0) is 17.8 Å². The highest BCUT2D eigenvalue weighted by molar-refractivity contribution is 6.29. The van der Waals surface area contributed by atoms with Crippen molar-refractivity contribution in [3.8, 4) is 23.0 Å². The molecule has 1 N–H and O–H groups in total. The van der Waals surface area contributed by atoms with Crippen LogP contribution in [0.2, 0.25) is 5.15 Å². The van der Waals surface area contributed by atoms with Crippen molar-refractivity contribution < 1.29 is 14.4 Å². The van der Waals surface area contributed by atoms with E-state index in [-0.39, 0.29) is 23.4 Å². The number of nitrogens with zero attached hydrogens (tertiary/aromatic N) is 5. The van der Waals surface area contributed by atoms with Crippen LogP contribution in [0.3, 0.4) is 0 Å². The first-order chi connectivity index (χ1) is 13.6. The van der Waals surface area contributed by atoms with Gasteiger partial charge in [-0.15, -0.1) is 0 Å². The highest BCUT2D eigenvalue weighted by atomic mass is 35.5. The molecular formula is C19H14ClN5O3. The van der Waals surface area contributed by atoms with Crippen molar-refractivity contribution in [2.75, 3.05) is 0 Å². The molecule has 0 saturated carbocycles. The van der Waals surface area contributed by atoms with Gasteiger partial charge in [-0.25, -0.2) is 9.97 Å². The number of benzene rings is 1. The molecule has 0 bridgehead atoms. The van der Waals surface area contributed by atoms with Crippen LogP contribution < -0.4 is 0 Å². The average Bonchev–Trinajstić information content (AvgIpc) is 3.36. The van der Waals surface area contributed by atoms with Crippen LogP contribution in [0, 0.1) is 5.92 Å². The highest BCUT2D eigenvalue weighted by Crippen LogP contribution is 2.33. The van der Waals surface area contributed by atoms with Gasteiger partial charge in [-0.1, -0.05) is 28.9 Å². The summed E-state index contributed by atoms with van der Waals surface area (Å²) in [6, 6.07) is 8.07. The first-order valence-corrected chi connectivity index (χ1v) is 9.10. The van der Waals surface area contributed by atoms with Gasteiger partial charge in [0.05, 0.1) is 18.8 Å². The zero-order valence-corrected chi connectivity index (χ0v) is 15.3. The molecule has 0 amide bonds. The predicted molar refractivity (Wildman–Crippen MR) is 101 cm³/mol. The Labute approximate surface area is 163 Å². The maximum absolute atomic E-state index is 11.0. The number of hydrogen-bond donors (Lipinski definition) is 1. The second-order valence-electron chi connectivity index (χ2n) is 6.84. The van der Waals surface area contributed by atoms with Crippen LogP contribution in [0.15, 0.2) is 41.2 Å². The summed E-state index contributed by atoms with van der Waals surface area (Å²) in [5.74, 6) is 0.0802. The van der Waals surface area contributed by atoms with Gasteiger partial charge < -0.3 is 14.2 Å². The SMILES string of the molecule is O=C(O)CC1Cc2cc3ccc(-c4noc(-c5cnc(Cl)cn5)n4)cc3n2C1. The van der Waals surface area contributed by atoms with E-state index in [4.69, 9.17) is 21.2 Å². The molecular weight excluding hydrogens is 382 g/mol. The zero-order chi connectivity index (χ0) is 19.3. The normalized spacial score (nSPS) is 15.8. The smallest absolute Gasteiger partial charge is 0.303 e. The summed E-state index contributed by atoms with van der Waals surface area (Å²) in [6.45, 7) is 0.701. The standard InChI is InChI=1S/C19H14ClN5O3/c20-16-8-21-14(7-22-16)19-23-18(24-28-19)12-2-1-11-5-13-3-10(4-17(26)27)9-25(13)15(11)6-12/h1-2,5-8,10H,3-4,9H2,(H,26,27). The minimum Gasteiger partial charge on any atom is -0.481 e. The van der Waals surface area contributed by atoms with E-state index in [9.17, 15) is 4.79 Å². The monoisotopic (exact) mass is 395 g/mol. The second-order valence-corrected chi connectivity index (χ2v) is 7.22. The number of carboxylic acids is 1. The van der Waals surface area contributed by atoms with Gasteiger partial charge in [0.2, 0.25) is 5.82 Å². The van der Waals surface area contributed by atoms with Crippen molar-refractivity contribution in [3.63, 3.8) is 0 Å². The molecule has 8 nitrogen and oxygen atoms in total. The van der Waals surface area contributed by atoms with Crippen molar-refractivity contribution in [1.82, 2.24) is 24.7 Å². The van der Waals surface area contributed by atoms with Crippen LogP contribution in [0.1, 0.15) is 12.1 Å². The van der Waals surface area contributed by atoms with Gasteiger partial charge in [-0.3, -0.25) is 4.79 Å². The Kier molecular flexibility index (Phi) is 3.87. The van der Waals surface area contributed by atoms with Gasteiger partial charge in [-0.05, 0) is 29.9 Å². The number of halogens is 1. The zero-order valence-electron chi connectivity index (χ0n) is 14.5. The van der Waals surface area contributed by atoms with Crippen LogP contribution in [0.25, 0.3) is 33.9 Å². The summed E-state index contributed by atoms with van der Waals surface area (Å²) in [5, 5.41) is 14.5. The molecule has 5 rings (SSSR count). The van der Waals surface area contributed by atoms with Crippen molar-refractivity contribution in [1.29, 1.82) is 0 Å². The van der Waals surface area contributed by atoms with E-state index in [1.54, 1.807) is 0 Å². The predicted octanol–water partition coefficient (Wildman–Crippen LogP) is 3.45. The van der Waals surface area contributed by atoms with E-state index >= 15 is 0 Å². The van der Waals surface area contributed by atoms with E-state index in [1.807, 2.05) is 18.2 Å². The fraction of sp³-hybridized carbons (Fsp3) is 0.211. The molecule has 4 aromatic rings. The Hall–Kier alpha value is -3.26. The largest absolute Gasteiger partial charge is 0.481 e. The maximum atomic E-state index is 11.0. The number of aliphatic carboxylic acids is 1. The molecule has 3 aromatic heterocycles. The lowest BCUT2D eigenvalue weighted by atomic mass is 10.0. The Morgan fingerprint density at radius 1 is 1.29 bits per heavy atom. The van der Waals surface area contributed by atoms with Crippen molar-refractivity contribution in [2.45, 2.75) is 19.4 Å². The number of rotatable bonds is 4. The van der Waals surface area contributed by atoms with Gasteiger partial charge in [0.1, 0.15) is 10.8 Å². The van der Waals surface area contributed by atoms with Crippen LogP contribution in [0.5, 0.6) is 0 Å². The summed E-state index contributed by atoms with van der Waals surface area (Å²) in [4.78, 5) is 23.5. The molecule has 28 heavy (non-hydrogen) atoms. The van der Waals surface area contributed by atoms with E-state index in [0.29, 0.717) is 18.1 Å². The molecule has 1 aliphatic rings. The molecule has 0 aliphatic carbocycles. The highest BCUT2D eigenvalue weighted by Gasteiger charge is 2.25. The third-order valence-corrected chi connectivity index (χ3v) is 5.11. The number of hydrogen-bond acceptors (Lipinski definition) is 6. The van der Waals surface area contributed by atoms with Gasteiger partial charge in [0.15, 0.2) is 0 Å². The fourth-order valence-electron chi connectivity index (χ4n) is 3.71. The molecule has 140 valence electrons. The third-order valence-electron chi connectivity index (χ3n) is 4.92. The summed E-state index contributed by atoms with van der Waals surface area (Å²) in [6.07, 6.45) is 3.85. The Balaban J connectivity index is 1.48. The van der Waals surface area contributed by atoms with E-state index in [2.05, 4.69) is 30.7 Å². The minimum atomic E-state index is -0.759. The first kappa shape index (κ1) is 16.9. The van der Waals surface area contributed by atoms with Crippen molar-refractivity contribution >= 4 is 28.5 Å². The van der Waals surface area contributed by atoms with E-state index in [0.717, 1.165) is 28.6 Å². The molecule has 1 aromatic carbocycles. The molecule has 1 aliphatic heterocycles. The van der Waals surface area contributed by atoms with E-state index < -0.39 is 5.97 Å². The minimum absolute atomic E-state index is 0.126. The lowest BCUT2D eigenvalue weighted by Gasteiger charge is -2.06. The number of fused-ring (bicyclic) bond motifs is 3. The van der Waals surface area contributed by atoms with Gasteiger partial charge in [-0.2, -0.15) is 4.98 Å². The lowest BCUT2D eigenvalue weighted by molar-refractivity contribution is -0.138. The summed E-state index contributed by atoms with van der Waals surface area (Å²) >= 11 is 5.75. The van der Waals surface area contributed by atoms with E-state index in [1.165, 1.54) is 12.4 Å². The number of aromatic nitrogens is 5. The Bertz CT molecular complexity index is 1200. The molecule has 0 fully saturated rings. The van der Waals surface area contributed by atoms with Gasteiger partial charge in [0, 0.05) is 23.3 Å². The summed E-state index contributed by atoms with van der Waals surface area (Å²) in [7, 11) is 0. The second kappa shape index (κ2) is 6.42. The molecule has 1 atom stereocenters.